The zero-order valence-corrected chi connectivity index (χ0v) is 16.9. The summed E-state index contributed by atoms with van der Waals surface area (Å²) >= 11 is 0. The van der Waals surface area contributed by atoms with Crippen molar-refractivity contribution >= 4 is 21.8 Å². The molecule has 0 aliphatic heterocycles. The number of furan rings is 1. The number of hydrogen-bond donors (Lipinski definition) is 3. The van der Waals surface area contributed by atoms with E-state index >= 15 is 0 Å². The number of carbonyl (C=O) groups is 2. The second kappa shape index (κ2) is 9.03. The molecule has 0 aliphatic carbocycles. The van der Waals surface area contributed by atoms with Gasteiger partial charge in [-0.3, -0.25) is 9.59 Å². The van der Waals surface area contributed by atoms with E-state index in [-0.39, 0.29) is 23.3 Å². The highest BCUT2D eigenvalue weighted by atomic mass is 32.2. The van der Waals surface area contributed by atoms with Gasteiger partial charge >= 0.3 is 0 Å². The lowest BCUT2D eigenvalue weighted by Crippen LogP contribution is -2.40. The van der Waals surface area contributed by atoms with E-state index in [1.165, 1.54) is 12.1 Å². The molecule has 8 nitrogen and oxygen atoms in total. The van der Waals surface area contributed by atoms with Gasteiger partial charge in [0.15, 0.2) is 5.76 Å². The molecule has 1 heterocycles. The van der Waals surface area contributed by atoms with Gasteiger partial charge in [0.2, 0.25) is 11.0 Å². The van der Waals surface area contributed by atoms with Crippen molar-refractivity contribution in [2.24, 2.45) is 0 Å². The second-order valence-corrected chi connectivity index (χ2v) is 8.86. The van der Waals surface area contributed by atoms with E-state index in [1.807, 2.05) is 30.3 Å². The monoisotopic (exact) mass is 407 g/mol. The van der Waals surface area contributed by atoms with Crippen LogP contribution in [0.25, 0.3) is 0 Å². The molecule has 0 fully saturated rings. The molecule has 0 aliphatic rings. The Bertz CT molecular complexity index is 915. The molecule has 0 saturated heterocycles. The van der Waals surface area contributed by atoms with E-state index in [9.17, 15) is 18.0 Å². The fourth-order valence-corrected chi connectivity index (χ4v) is 3.69. The van der Waals surface area contributed by atoms with Crippen molar-refractivity contribution in [2.75, 3.05) is 13.1 Å². The summed E-state index contributed by atoms with van der Waals surface area (Å²) in [6.07, 6.45) is 0.681. The Balaban J connectivity index is 1.81. The lowest BCUT2D eigenvalue weighted by atomic mass is 10.1. The molecule has 2 rings (SSSR count). The molecule has 0 radical (unpaired) electrons. The Hall–Kier alpha value is -2.65. The number of rotatable bonds is 8. The average Bonchev–Trinajstić information content (AvgIpc) is 3.10. The normalized spacial score (nSPS) is 11.8. The van der Waals surface area contributed by atoms with Crippen LogP contribution in [0.2, 0.25) is 0 Å². The molecule has 0 bridgehead atoms. The molecule has 0 unspecified atom stereocenters. The van der Waals surface area contributed by atoms with E-state index in [4.69, 9.17) is 4.42 Å². The smallest absolute Gasteiger partial charge is 0.287 e. The number of benzene rings is 1. The van der Waals surface area contributed by atoms with Crippen molar-refractivity contribution in [1.29, 1.82) is 0 Å². The SMILES string of the molecule is CC(C)(C)NS(=O)(=O)c1ccc(C(=O)NCC(=O)NCCc2ccccc2)o1. The summed E-state index contributed by atoms with van der Waals surface area (Å²) in [7, 11) is -3.88. The van der Waals surface area contributed by atoms with Crippen molar-refractivity contribution in [2.45, 2.75) is 37.8 Å². The van der Waals surface area contributed by atoms with E-state index in [1.54, 1.807) is 20.8 Å². The Morgan fingerprint density at radius 3 is 2.32 bits per heavy atom. The summed E-state index contributed by atoms with van der Waals surface area (Å²) in [6, 6.07) is 12.1. The first-order valence-corrected chi connectivity index (χ1v) is 10.3. The van der Waals surface area contributed by atoms with Crippen LogP contribution in [0.3, 0.4) is 0 Å². The molecule has 3 N–H and O–H groups in total. The van der Waals surface area contributed by atoms with Crippen LogP contribution in [0.1, 0.15) is 36.9 Å². The fraction of sp³-hybridized carbons (Fsp3) is 0.368. The molecule has 2 aromatic rings. The van der Waals surface area contributed by atoms with Gasteiger partial charge in [-0.1, -0.05) is 30.3 Å². The Labute approximate surface area is 164 Å². The highest BCUT2D eigenvalue weighted by molar-refractivity contribution is 7.89. The maximum Gasteiger partial charge on any atom is 0.287 e. The van der Waals surface area contributed by atoms with E-state index in [0.717, 1.165) is 5.56 Å². The van der Waals surface area contributed by atoms with E-state index < -0.39 is 21.5 Å². The van der Waals surface area contributed by atoms with Gasteiger partial charge in [0.25, 0.3) is 15.9 Å². The first-order chi connectivity index (χ1) is 13.1. The lowest BCUT2D eigenvalue weighted by molar-refractivity contribution is -0.120. The van der Waals surface area contributed by atoms with Gasteiger partial charge in [0.1, 0.15) is 0 Å². The summed E-state index contributed by atoms with van der Waals surface area (Å²) in [5, 5.41) is 4.74. The van der Waals surface area contributed by atoms with Crippen LogP contribution in [0.4, 0.5) is 0 Å². The number of carbonyl (C=O) groups excluding carboxylic acids is 2. The third-order valence-electron chi connectivity index (χ3n) is 3.50. The van der Waals surface area contributed by atoms with Gasteiger partial charge in [0.05, 0.1) is 6.54 Å². The first kappa shape index (κ1) is 21.6. The van der Waals surface area contributed by atoms with Crippen LogP contribution in [-0.2, 0) is 21.2 Å². The van der Waals surface area contributed by atoms with Crippen LogP contribution in [-0.4, -0.2) is 38.9 Å². The Morgan fingerprint density at radius 2 is 1.68 bits per heavy atom. The molecule has 28 heavy (non-hydrogen) atoms. The maximum atomic E-state index is 12.2. The quantitative estimate of drug-likeness (QED) is 0.612. The first-order valence-electron chi connectivity index (χ1n) is 8.79. The highest BCUT2D eigenvalue weighted by Crippen LogP contribution is 2.16. The van der Waals surface area contributed by atoms with Gasteiger partial charge in [0, 0.05) is 12.1 Å². The van der Waals surface area contributed by atoms with Gasteiger partial charge in [-0.15, -0.1) is 0 Å². The topological polar surface area (TPSA) is 118 Å². The van der Waals surface area contributed by atoms with Gasteiger partial charge in [-0.2, -0.15) is 0 Å². The Morgan fingerprint density at radius 1 is 1.00 bits per heavy atom. The standard InChI is InChI=1S/C19H25N3O5S/c1-19(2,3)22-28(25,26)17-10-9-15(27-17)18(24)21-13-16(23)20-12-11-14-7-5-4-6-8-14/h4-10,22H,11-13H2,1-3H3,(H,20,23)(H,21,24). The molecule has 0 saturated carbocycles. The minimum absolute atomic E-state index is 0.189. The molecule has 152 valence electrons. The summed E-state index contributed by atoms with van der Waals surface area (Å²) in [6.45, 7) is 5.28. The molecular formula is C19H25N3O5S. The molecule has 1 aromatic carbocycles. The Kier molecular flexibility index (Phi) is 6.98. The number of nitrogens with one attached hydrogen (secondary N) is 3. The van der Waals surface area contributed by atoms with Crippen molar-refractivity contribution in [3.8, 4) is 0 Å². The number of amides is 2. The largest absolute Gasteiger partial charge is 0.438 e. The molecule has 0 spiro atoms. The van der Waals surface area contributed by atoms with Crippen LogP contribution < -0.4 is 15.4 Å². The zero-order valence-electron chi connectivity index (χ0n) is 16.1. The molecular weight excluding hydrogens is 382 g/mol. The predicted octanol–water partition coefficient (Wildman–Crippen LogP) is 1.45. The summed E-state index contributed by atoms with van der Waals surface area (Å²) < 4.78 is 31.9. The van der Waals surface area contributed by atoms with Crippen molar-refractivity contribution < 1.29 is 22.4 Å². The fourth-order valence-electron chi connectivity index (χ4n) is 2.34. The van der Waals surface area contributed by atoms with Crippen LogP contribution in [0.15, 0.2) is 52.0 Å². The van der Waals surface area contributed by atoms with Gasteiger partial charge < -0.3 is 15.1 Å². The molecule has 0 atom stereocenters. The van der Waals surface area contributed by atoms with Crippen molar-refractivity contribution in [3.05, 3.63) is 53.8 Å². The van der Waals surface area contributed by atoms with E-state index in [0.29, 0.717) is 13.0 Å². The third-order valence-corrected chi connectivity index (χ3v) is 5.13. The van der Waals surface area contributed by atoms with Crippen LogP contribution >= 0.6 is 0 Å². The summed E-state index contributed by atoms with van der Waals surface area (Å²) in [4.78, 5) is 23.9. The summed E-state index contributed by atoms with van der Waals surface area (Å²) in [5.74, 6) is -1.21. The number of sulfonamides is 1. The lowest BCUT2D eigenvalue weighted by Gasteiger charge is -2.18. The minimum Gasteiger partial charge on any atom is -0.438 e. The predicted molar refractivity (Wildman–Crippen MR) is 104 cm³/mol. The molecule has 1 aromatic heterocycles. The third kappa shape index (κ3) is 6.82. The highest BCUT2D eigenvalue weighted by Gasteiger charge is 2.26. The second-order valence-electron chi connectivity index (χ2n) is 7.24. The number of hydrogen-bond acceptors (Lipinski definition) is 5. The van der Waals surface area contributed by atoms with Crippen molar-refractivity contribution in [1.82, 2.24) is 15.4 Å². The van der Waals surface area contributed by atoms with Crippen molar-refractivity contribution in [3.63, 3.8) is 0 Å². The van der Waals surface area contributed by atoms with E-state index in [2.05, 4.69) is 15.4 Å². The minimum atomic E-state index is -3.88. The molecule has 2 amide bonds. The van der Waals surface area contributed by atoms with Gasteiger partial charge in [-0.25, -0.2) is 13.1 Å². The van der Waals surface area contributed by atoms with Crippen LogP contribution in [0.5, 0.6) is 0 Å². The summed E-state index contributed by atoms with van der Waals surface area (Å²) in [5.41, 5.74) is 0.409. The molecule has 9 heteroatoms. The van der Waals surface area contributed by atoms with Crippen LogP contribution in [0, 0.1) is 0 Å². The maximum absolute atomic E-state index is 12.2. The average molecular weight is 407 g/mol. The zero-order chi connectivity index (χ0) is 20.8. The van der Waals surface area contributed by atoms with Gasteiger partial charge in [-0.05, 0) is 44.9 Å².